The van der Waals surface area contributed by atoms with Crippen molar-refractivity contribution in [2.24, 2.45) is 0 Å². The van der Waals surface area contributed by atoms with E-state index in [4.69, 9.17) is 9.47 Å². The predicted molar refractivity (Wildman–Crippen MR) is 108 cm³/mol. The molecule has 168 valence electrons. The Hall–Kier alpha value is -3.62. The zero-order valence-electron chi connectivity index (χ0n) is 17.0. The number of hydrogen-bond acceptors (Lipinski definition) is 4. The highest BCUT2D eigenvalue weighted by atomic mass is 19.4. The van der Waals surface area contributed by atoms with Gasteiger partial charge in [-0.2, -0.15) is 13.2 Å². The van der Waals surface area contributed by atoms with Crippen LogP contribution in [0.1, 0.15) is 29.8 Å². The van der Waals surface area contributed by atoms with Gasteiger partial charge in [0.2, 0.25) is 0 Å². The van der Waals surface area contributed by atoms with Crippen molar-refractivity contribution in [1.82, 2.24) is 10.3 Å². The predicted octanol–water partition coefficient (Wildman–Crippen LogP) is 5.07. The summed E-state index contributed by atoms with van der Waals surface area (Å²) in [5, 5.41) is 2.69. The van der Waals surface area contributed by atoms with Crippen LogP contribution in [0.2, 0.25) is 0 Å². The summed E-state index contributed by atoms with van der Waals surface area (Å²) in [7, 11) is 0. The van der Waals surface area contributed by atoms with E-state index in [-0.39, 0.29) is 24.8 Å². The van der Waals surface area contributed by atoms with E-state index < -0.39 is 23.7 Å². The number of carbonyl (C=O) groups is 1. The minimum Gasteiger partial charge on any atom is -0.487 e. The van der Waals surface area contributed by atoms with Crippen molar-refractivity contribution >= 4 is 5.91 Å². The van der Waals surface area contributed by atoms with Crippen LogP contribution in [0.3, 0.4) is 0 Å². The highest BCUT2D eigenvalue weighted by molar-refractivity contribution is 5.77. The fraction of sp³-hybridized carbons (Fsp3) is 0.217. The van der Waals surface area contributed by atoms with E-state index in [9.17, 15) is 22.4 Å². The first-order chi connectivity index (χ1) is 15.2. The van der Waals surface area contributed by atoms with Crippen LogP contribution in [0.5, 0.6) is 11.5 Å². The van der Waals surface area contributed by atoms with Crippen LogP contribution in [-0.2, 0) is 17.6 Å². The van der Waals surface area contributed by atoms with Gasteiger partial charge in [0, 0.05) is 5.56 Å². The molecule has 3 aromatic rings. The molecule has 0 saturated carbocycles. The number of nitrogens with zero attached hydrogens (tertiary/aromatic N) is 1. The van der Waals surface area contributed by atoms with Gasteiger partial charge in [-0.1, -0.05) is 18.2 Å². The summed E-state index contributed by atoms with van der Waals surface area (Å²) < 4.78 is 62.1. The molecular formula is C23H20F4N2O3. The molecule has 1 N–H and O–H groups in total. The maximum absolute atomic E-state index is 13.6. The van der Waals surface area contributed by atoms with Gasteiger partial charge in [-0.15, -0.1) is 0 Å². The van der Waals surface area contributed by atoms with Gasteiger partial charge in [0.15, 0.2) is 6.61 Å². The van der Waals surface area contributed by atoms with Crippen LogP contribution < -0.4 is 14.8 Å². The number of rotatable bonds is 8. The molecule has 0 aliphatic rings. The standard InChI is InChI=1S/C23H20F4N2O3/c1-15(29-22(30)14-32-18-8-6-17(7-9-18)23(25,26)27)21-11-10-19(12-28-21)31-13-16-4-2-3-5-20(16)24/h2-12,15H,13-14H2,1H3,(H,29,30)/t15-/m1/s1. The van der Waals surface area contributed by atoms with Gasteiger partial charge in [0.1, 0.15) is 23.9 Å². The molecule has 0 fully saturated rings. The molecule has 1 atom stereocenters. The first-order valence-electron chi connectivity index (χ1n) is 9.64. The summed E-state index contributed by atoms with van der Waals surface area (Å²) in [6.07, 6.45) is -2.96. The normalized spacial score (nSPS) is 12.2. The summed E-state index contributed by atoms with van der Waals surface area (Å²) in [6.45, 7) is 1.42. The number of ether oxygens (including phenoxy) is 2. The molecule has 32 heavy (non-hydrogen) atoms. The number of pyridine rings is 1. The maximum atomic E-state index is 13.6. The van der Waals surface area contributed by atoms with E-state index in [1.54, 1.807) is 37.3 Å². The van der Waals surface area contributed by atoms with Crippen LogP contribution in [-0.4, -0.2) is 17.5 Å². The van der Waals surface area contributed by atoms with E-state index in [2.05, 4.69) is 10.3 Å². The molecular weight excluding hydrogens is 428 g/mol. The number of aromatic nitrogens is 1. The van der Waals surface area contributed by atoms with E-state index in [1.807, 2.05) is 0 Å². The Labute approximate surface area is 182 Å². The number of benzene rings is 2. The van der Waals surface area contributed by atoms with E-state index in [1.165, 1.54) is 12.3 Å². The third kappa shape index (κ3) is 6.44. The van der Waals surface area contributed by atoms with Crippen molar-refractivity contribution in [3.63, 3.8) is 0 Å². The molecule has 0 radical (unpaired) electrons. The Kier molecular flexibility index (Phi) is 7.29. The Bertz CT molecular complexity index is 1040. The lowest BCUT2D eigenvalue weighted by Crippen LogP contribution is -2.31. The number of alkyl halides is 3. The minimum absolute atomic E-state index is 0.0568. The Morgan fingerprint density at radius 1 is 1.00 bits per heavy atom. The van der Waals surface area contributed by atoms with Crippen LogP contribution in [0.4, 0.5) is 17.6 Å². The van der Waals surface area contributed by atoms with Gasteiger partial charge in [-0.3, -0.25) is 9.78 Å². The van der Waals surface area contributed by atoms with Gasteiger partial charge in [-0.25, -0.2) is 4.39 Å². The summed E-state index contributed by atoms with van der Waals surface area (Å²) in [6, 6.07) is 13.2. The van der Waals surface area contributed by atoms with Crippen LogP contribution in [0, 0.1) is 5.82 Å². The lowest BCUT2D eigenvalue weighted by atomic mass is 10.2. The Morgan fingerprint density at radius 3 is 2.31 bits per heavy atom. The molecule has 3 rings (SSSR count). The lowest BCUT2D eigenvalue weighted by Gasteiger charge is -2.15. The molecule has 2 aromatic carbocycles. The number of hydrogen-bond donors (Lipinski definition) is 1. The first kappa shape index (κ1) is 23.1. The molecule has 1 amide bonds. The zero-order chi connectivity index (χ0) is 23.1. The lowest BCUT2D eigenvalue weighted by molar-refractivity contribution is -0.137. The summed E-state index contributed by atoms with van der Waals surface area (Å²) in [5.74, 6) is -0.220. The number of amides is 1. The molecule has 5 nitrogen and oxygen atoms in total. The van der Waals surface area contributed by atoms with E-state index in [0.717, 1.165) is 24.3 Å². The summed E-state index contributed by atoms with van der Waals surface area (Å²) in [5.41, 5.74) is 0.187. The summed E-state index contributed by atoms with van der Waals surface area (Å²) in [4.78, 5) is 16.3. The number of carbonyl (C=O) groups excluding carboxylic acids is 1. The molecule has 0 spiro atoms. The maximum Gasteiger partial charge on any atom is 0.416 e. The second kappa shape index (κ2) is 10.1. The van der Waals surface area contributed by atoms with Crippen molar-refractivity contribution in [1.29, 1.82) is 0 Å². The van der Waals surface area contributed by atoms with Crippen molar-refractivity contribution in [2.45, 2.75) is 25.7 Å². The largest absolute Gasteiger partial charge is 0.487 e. The molecule has 0 aliphatic heterocycles. The first-order valence-corrected chi connectivity index (χ1v) is 9.64. The van der Waals surface area contributed by atoms with Crippen molar-refractivity contribution < 1.29 is 31.8 Å². The number of nitrogens with one attached hydrogen (secondary N) is 1. The van der Waals surface area contributed by atoms with Crippen LogP contribution >= 0.6 is 0 Å². The van der Waals surface area contributed by atoms with E-state index in [0.29, 0.717) is 17.0 Å². The van der Waals surface area contributed by atoms with Crippen LogP contribution in [0.25, 0.3) is 0 Å². The van der Waals surface area contributed by atoms with Crippen molar-refractivity contribution in [3.05, 3.63) is 89.5 Å². The SMILES string of the molecule is C[C@@H](NC(=O)COc1ccc(C(F)(F)F)cc1)c1ccc(OCc2ccccc2F)cn1. The highest BCUT2D eigenvalue weighted by Gasteiger charge is 2.30. The second-order valence-corrected chi connectivity index (χ2v) is 6.90. The fourth-order valence-electron chi connectivity index (χ4n) is 2.76. The number of halogens is 4. The second-order valence-electron chi connectivity index (χ2n) is 6.90. The van der Waals surface area contributed by atoms with Crippen molar-refractivity contribution in [2.75, 3.05) is 6.61 Å². The zero-order valence-corrected chi connectivity index (χ0v) is 17.0. The van der Waals surface area contributed by atoms with Crippen molar-refractivity contribution in [3.8, 4) is 11.5 Å². The molecule has 1 aromatic heterocycles. The Morgan fingerprint density at radius 2 is 1.69 bits per heavy atom. The highest BCUT2D eigenvalue weighted by Crippen LogP contribution is 2.30. The molecule has 0 saturated heterocycles. The third-order valence-electron chi connectivity index (χ3n) is 4.48. The molecule has 0 bridgehead atoms. The van der Waals surface area contributed by atoms with Gasteiger partial charge in [0.05, 0.1) is 23.5 Å². The molecule has 0 unspecified atom stereocenters. The fourth-order valence-corrected chi connectivity index (χ4v) is 2.76. The monoisotopic (exact) mass is 448 g/mol. The average molecular weight is 448 g/mol. The Balaban J connectivity index is 1.47. The molecule has 9 heteroatoms. The van der Waals surface area contributed by atoms with E-state index >= 15 is 0 Å². The summed E-state index contributed by atoms with van der Waals surface area (Å²) >= 11 is 0. The van der Waals surface area contributed by atoms with Gasteiger partial charge < -0.3 is 14.8 Å². The third-order valence-corrected chi connectivity index (χ3v) is 4.48. The topological polar surface area (TPSA) is 60.5 Å². The minimum atomic E-state index is -4.43. The average Bonchev–Trinajstić information content (AvgIpc) is 2.77. The smallest absolute Gasteiger partial charge is 0.416 e. The molecule has 0 aliphatic carbocycles. The van der Waals surface area contributed by atoms with Gasteiger partial charge in [-0.05, 0) is 49.4 Å². The van der Waals surface area contributed by atoms with Crippen LogP contribution in [0.15, 0.2) is 66.9 Å². The quantitative estimate of drug-likeness (QED) is 0.489. The van der Waals surface area contributed by atoms with Gasteiger partial charge in [0.25, 0.3) is 5.91 Å². The molecule has 1 heterocycles. The van der Waals surface area contributed by atoms with Gasteiger partial charge >= 0.3 is 6.18 Å².